The van der Waals surface area contributed by atoms with Gasteiger partial charge in [0.15, 0.2) is 5.82 Å². The normalized spacial score (nSPS) is 11.5. The Labute approximate surface area is 71.2 Å². The van der Waals surface area contributed by atoms with Crippen LogP contribution >= 0.6 is 0 Å². The van der Waals surface area contributed by atoms with Gasteiger partial charge >= 0.3 is 6.18 Å². The summed E-state index contributed by atoms with van der Waals surface area (Å²) in [5, 5.41) is 0. The van der Waals surface area contributed by atoms with Crippen molar-refractivity contribution in [1.82, 2.24) is 4.98 Å². The van der Waals surface area contributed by atoms with Gasteiger partial charge in [0.1, 0.15) is 5.69 Å². The van der Waals surface area contributed by atoms with Gasteiger partial charge in [-0.3, -0.25) is 0 Å². The molecule has 0 fully saturated rings. The van der Waals surface area contributed by atoms with Crippen LogP contribution in [-0.4, -0.2) is 12.1 Å². The number of hydrogen-bond acceptors (Lipinski definition) is 2. The molecule has 0 aromatic carbocycles. The van der Waals surface area contributed by atoms with Crippen LogP contribution in [0.5, 0.6) is 5.88 Å². The minimum atomic E-state index is -4.58. The highest BCUT2D eigenvalue weighted by Crippen LogP contribution is 2.29. The van der Waals surface area contributed by atoms with E-state index in [2.05, 4.69) is 9.72 Å². The molecule has 0 atom stereocenters. The number of nitrogens with zero attached hydrogens (tertiary/aromatic N) is 1. The number of hydrogen-bond donors (Lipinski definition) is 0. The molecule has 1 heterocycles. The van der Waals surface area contributed by atoms with Crippen LogP contribution < -0.4 is 4.74 Å². The molecule has 0 radical (unpaired) electrons. The fourth-order valence-corrected chi connectivity index (χ4v) is 0.724. The molecule has 0 saturated heterocycles. The SMILES string of the molecule is COc1nc(C(F)(F)F)ccc1F. The van der Waals surface area contributed by atoms with E-state index in [0.717, 1.165) is 7.11 Å². The summed E-state index contributed by atoms with van der Waals surface area (Å²) >= 11 is 0. The zero-order chi connectivity index (χ0) is 10.1. The number of aromatic nitrogens is 1. The monoisotopic (exact) mass is 195 g/mol. The van der Waals surface area contributed by atoms with Crippen molar-refractivity contribution in [2.75, 3.05) is 7.11 Å². The highest BCUT2D eigenvalue weighted by atomic mass is 19.4. The number of ether oxygens (including phenoxy) is 1. The number of methoxy groups -OCH3 is 1. The van der Waals surface area contributed by atoms with Gasteiger partial charge in [0, 0.05) is 0 Å². The largest absolute Gasteiger partial charge is 0.479 e. The first-order valence-electron chi connectivity index (χ1n) is 3.23. The van der Waals surface area contributed by atoms with Crippen molar-refractivity contribution in [1.29, 1.82) is 0 Å². The molecule has 0 aliphatic heterocycles. The quantitative estimate of drug-likeness (QED) is 0.641. The van der Waals surface area contributed by atoms with Crippen molar-refractivity contribution < 1.29 is 22.3 Å². The summed E-state index contributed by atoms with van der Waals surface area (Å²) < 4.78 is 52.9. The Bertz CT molecular complexity index is 310. The van der Waals surface area contributed by atoms with Crippen LogP contribution in [0, 0.1) is 5.82 Å². The molecule has 0 bridgehead atoms. The van der Waals surface area contributed by atoms with Gasteiger partial charge in [0.2, 0.25) is 0 Å². The third kappa shape index (κ3) is 2.07. The van der Waals surface area contributed by atoms with Gasteiger partial charge in [-0.15, -0.1) is 0 Å². The molecule has 1 aromatic rings. The molecule has 0 spiro atoms. The standard InChI is InChI=1S/C7H5F4NO/c1-13-6-4(8)2-3-5(12-6)7(9,10)11/h2-3H,1H3. The van der Waals surface area contributed by atoms with Crippen molar-refractivity contribution >= 4 is 0 Å². The molecular formula is C7H5F4NO. The number of alkyl halides is 3. The summed E-state index contributed by atoms with van der Waals surface area (Å²) in [5.41, 5.74) is -1.18. The molecule has 0 aliphatic carbocycles. The van der Waals surface area contributed by atoms with Crippen LogP contribution in [0.25, 0.3) is 0 Å². The van der Waals surface area contributed by atoms with Crippen molar-refractivity contribution in [3.05, 3.63) is 23.6 Å². The first-order valence-corrected chi connectivity index (χ1v) is 3.23. The zero-order valence-corrected chi connectivity index (χ0v) is 6.52. The lowest BCUT2D eigenvalue weighted by Gasteiger charge is -2.07. The topological polar surface area (TPSA) is 22.1 Å². The van der Waals surface area contributed by atoms with E-state index < -0.39 is 23.6 Å². The lowest BCUT2D eigenvalue weighted by Crippen LogP contribution is -2.09. The van der Waals surface area contributed by atoms with Gasteiger partial charge < -0.3 is 4.74 Å². The molecule has 0 saturated carbocycles. The van der Waals surface area contributed by atoms with Gasteiger partial charge in [-0.25, -0.2) is 9.37 Å². The summed E-state index contributed by atoms with van der Waals surface area (Å²) in [6.45, 7) is 0. The average Bonchev–Trinajstić information content (AvgIpc) is 2.03. The van der Waals surface area contributed by atoms with Crippen molar-refractivity contribution in [3.63, 3.8) is 0 Å². The highest BCUT2D eigenvalue weighted by molar-refractivity contribution is 5.19. The van der Waals surface area contributed by atoms with Gasteiger partial charge in [0.25, 0.3) is 5.88 Å². The van der Waals surface area contributed by atoms with Crippen LogP contribution in [-0.2, 0) is 6.18 Å². The van der Waals surface area contributed by atoms with E-state index in [4.69, 9.17) is 0 Å². The van der Waals surface area contributed by atoms with Gasteiger partial charge in [-0.05, 0) is 12.1 Å². The highest BCUT2D eigenvalue weighted by Gasteiger charge is 2.33. The lowest BCUT2D eigenvalue weighted by molar-refractivity contribution is -0.141. The van der Waals surface area contributed by atoms with E-state index in [9.17, 15) is 17.6 Å². The maximum Gasteiger partial charge on any atom is 0.433 e. The van der Waals surface area contributed by atoms with Crippen LogP contribution in [0.1, 0.15) is 5.69 Å². The van der Waals surface area contributed by atoms with Crippen LogP contribution in [0.4, 0.5) is 17.6 Å². The molecule has 1 aromatic heterocycles. The predicted molar refractivity (Wildman–Crippen MR) is 35.7 cm³/mol. The fraction of sp³-hybridized carbons (Fsp3) is 0.286. The summed E-state index contributed by atoms with van der Waals surface area (Å²) in [4.78, 5) is 2.94. The van der Waals surface area contributed by atoms with Gasteiger partial charge in [-0.1, -0.05) is 0 Å². The maximum absolute atomic E-state index is 12.6. The number of pyridine rings is 1. The lowest BCUT2D eigenvalue weighted by atomic mass is 10.3. The Kier molecular flexibility index (Phi) is 2.40. The molecular weight excluding hydrogens is 190 g/mol. The Balaban J connectivity index is 3.14. The number of rotatable bonds is 1. The number of halogens is 4. The third-order valence-electron chi connectivity index (χ3n) is 1.30. The molecule has 6 heteroatoms. The van der Waals surface area contributed by atoms with E-state index in [-0.39, 0.29) is 0 Å². The molecule has 0 unspecified atom stereocenters. The van der Waals surface area contributed by atoms with E-state index in [1.54, 1.807) is 0 Å². The fourth-order valence-electron chi connectivity index (χ4n) is 0.724. The molecule has 2 nitrogen and oxygen atoms in total. The first kappa shape index (κ1) is 9.76. The van der Waals surface area contributed by atoms with E-state index >= 15 is 0 Å². The Morgan fingerprint density at radius 2 is 1.92 bits per heavy atom. The third-order valence-corrected chi connectivity index (χ3v) is 1.30. The Morgan fingerprint density at radius 3 is 2.38 bits per heavy atom. The minimum Gasteiger partial charge on any atom is -0.479 e. The van der Waals surface area contributed by atoms with Crippen LogP contribution in [0.15, 0.2) is 12.1 Å². The molecule has 0 amide bonds. The Hall–Kier alpha value is -1.33. The van der Waals surface area contributed by atoms with E-state index in [1.165, 1.54) is 0 Å². The first-order chi connectivity index (χ1) is 5.95. The summed E-state index contributed by atoms with van der Waals surface area (Å²) in [6, 6.07) is 1.21. The van der Waals surface area contributed by atoms with Crippen LogP contribution in [0.2, 0.25) is 0 Å². The second kappa shape index (κ2) is 3.20. The smallest absolute Gasteiger partial charge is 0.433 e. The van der Waals surface area contributed by atoms with Crippen molar-refractivity contribution in [3.8, 4) is 5.88 Å². The van der Waals surface area contributed by atoms with Crippen molar-refractivity contribution in [2.24, 2.45) is 0 Å². The van der Waals surface area contributed by atoms with Crippen molar-refractivity contribution in [2.45, 2.75) is 6.18 Å². The molecule has 0 N–H and O–H groups in total. The van der Waals surface area contributed by atoms with E-state index in [0.29, 0.717) is 12.1 Å². The predicted octanol–water partition coefficient (Wildman–Crippen LogP) is 2.25. The molecule has 0 aliphatic rings. The molecule has 13 heavy (non-hydrogen) atoms. The second-order valence-electron chi connectivity index (χ2n) is 2.19. The van der Waals surface area contributed by atoms with Gasteiger partial charge in [-0.2, -0.15) is 13.2 Å². The van der Waals surface area contributed by atoms with Crippen LogP contribution in [0.3, 0.4) is 0 Å². The maximum atomic E-state index is 12.6. The Morgan fingerprint density at radius 1 is 1.31 bits per heavy atom. The zero-order valence-electron chi connectivity index (χ0n) is 6.52. The van der Waals surface area contributed by atoms with E-state index in [1.807, 2.05) is 0 Å². The molecule has 1 rings (SSSR count). The summed E-state index contributed by atoms with van der Waals surface area (Å²) in [6.07, 6.45) is -4.58. The summed E-state index contributed by atoms with van der Waals surface area (Å²) in [5.74, 6) is -1.58. The molecule has 72 valence electrons. The second-order valence-corrected chi connectivity index (χ2v) is 2.19. The minimum absolute atomic E-state index is 0.553. The van der Waals surface area contributed by atoms with Gasteiger partial charge in [0.05, 0.1) is 7.11 Å². The average molecular weight is 195 g/mol. The summed E-state index contributed by atoms with van der Waals surface area (Å²) in [7, 11) is 1.05.